The van der Waals surface area contributed by atoms with Gasteiger partial charge < -0.3 is 0 Å². The fourth-order valence-electron chi connectivity index (χ4n) is 3.39. The third kappa shape index (κ3) is 3.46. The molecule has 4 aromatic rings. The Labute approximate surface area is 161 Å². The Morgan fingerprint density at radius 1 is 0.654 bits per heavy atom. The SMILES string of the molecule is Cc1ccccc1Cc1cc(-c2ccccc2C)[se]c1-c1ccccc1. The van der Waals surface area contributed by atoms with Crippen LogP contribution in [0.3, 0.4) is 0 Å². The fourth-order valence-corrected chi connectivity index (χ4v) is 6.07. The van der Waals surface area contributed by atoms with Crippen LogP contribution in [0.15, 0.2) is 84.9 Å². The van der Waals surface area contributed by atoms with E-state index < -0.39 is 0 Å². The van der Waals surface area contributed by atoms with Crippen molar-refractivity contribution in [3.63, 3.8) is 0 Å². The number of aryl methyl sites for hydroxylation is 2. The fraction of sp³-hybridized carbons (Fsp3) is 0.120. The number of hydrogen-bond acceptors (Lipinski definition) is 0. The maximum absolute atomic E-state index is 2.46. The van der Waals surface area contributed by atoms with Gasteiger partial charge in [-0.2, -0.15) is 0 Å². The van der Waals surface area contributed by atoms with Gasteiger partial charge in [0, 0.05) is 0 Å². The van der Waals surface area contributed by atoms with Gasteiger partial charge in [-0.1, -0.05) is 0 Å². The molecule has 0 aliphatic carbocycles. The minimum atomic E-state index is 0.339. The molecule has 0 spiro atoms. The molecule has 0 aliphatic rings. The van der Waals surface area contributed by atoms with Crippen LogP contribution in [0.2, 0.25) is 0 Å². The van der Waals surface area contributed by atoms with Gasteiger partial charge in [0.05, 0.1) is 0 Å². The molecule has 0 N–H and O–H groups in total. The van der Waals surface area contributed by atoms with Crippen molar-refractivity contribution in [1.82, 2.24) is 0 Å². The van der Waals surface area contributed by atoms with E-state index in [4.69, 9.17) is 0 Å². The summed E-state index contributed by atoms with van der Waals surface area (Å²) in [5.41, 5.74) is 8.41. The van der Waals surface area contributed by atoms with E-state index in [2.05, 4.69) is 98.8 Å². The van der Waals surface area contributed by atoms with Gasteiger partial charge in [0.25, 0.3) is 0 Å². The molecule has 0 saturated heterocycles. The van der Waals surface area contributed by atoms with Gasteiger partial charge in [0.1, 0.15) is 0 Å². The summed E-state index contributed by atoms with van der Waals surface area (Å²) in [6, 6.07) is 30.9. The monoisotopic (exact) mass is 402 g/mol. The van der Waals surface area contributed by atoms with Crippen molar-refractivity contribution in [3.05, 3.63) is 107 Å². The van der Waals surface area contributed by atoms with Gasteiger partial charge in [0.2, 0.25) is 0 Å². The first-order chi connectivity index (χ1) is 12.7. The van der Waals surface area contributed by atoms with Crippen LogP contribution in [-0.2, 0) is 6.42 Å². The van der Waals surface area contributed by atoms with E-state index in [0.717, 1.165) is 6.42 Å². The Balaban J connectivity index is 1.84. The van der Waals surface area contributed by atoms with Crippen LogP contribution in [0.25, 0.3) is 20.0 Å². The van der Waals surface area contributed by atoms with E-state index in [1.54, 1.807) is 0 Å². The van der Waals surface area contributed by atoms with Crippen molar-refractivity contribution >= 4 is 14.5 Å². The minimum absolute atomic E-state index is 0.339. The van der Waals surface area contributed by atoms with Crippen molar-refractivity contribution in [2.75, 3.05) is 0 Å². The number of benzene rings is 3. The molecule has 0 unspecified atom stereocenters. The van der Waals surface area contributed by atoms with E-state index in [1.165, 1.54) is 42.3 Å². The van der Waals surface area contributed by atoms with Crippen LogP contribution < -0.4 is 0 Å². The van der Waals surface area contributed by atoms with Crippen LogP contribution in [-0.4, -0.2) is 14.5 Å². The zero-order chi connectivity index (χ0) is 17.9. The first-order valence-electron chi connectivity index (χ1n) is 9.01. The molecule has 4 rings (SSSR count). The van der Waals surface area contributed by atoms with Crippen molar-refractivity contribution in [2.45, 2.75) is 20.3 Å². The summed E-state index contributed by atoms with van der Waals surface area (Å²) in [4.78, 5) is 0. The normalized spacial score (nSPS) is 10.8. The van der Waals surface area contributed by atoms with Gasteiger partial charge >= 0.3 is 162 Å². The van der Waals surface area contributed by atoms with E-state index in [-0.39, 0.29) is 0 Å². The molecule has 0 nitrogen and oxygen atoms in total. The molecule has 0 saturated carbocycles. The van der Waals surface area contributed by atoms with Crippen LogP contribution in [0.1, 0.15) is 22.3 Å². The average molecular weight is 401 g/mol. The molecule has 1 heterocycles. The van der Waals surface area contributed by atoms with Gasteiger partial charge in [0.15, 0.2) is 0 Å². The molecule has 1 heteroatoms. The summed E-state index contributed by atoms with van der Waals surface area (Å²) in [7, 11) is 0. The molecule has 0 aliphatic heterocycles. The van der Waals surface area contributed by atoms with Crippen LogP contribution in [0.4, 0.5) is 0 Å². The molecular formula is C25H22Se. The van der Waals surface area contributed by atoms with Gasteiger partial charge in [-0.25, -0.2) is 0 Å². The molecule has 0 fully saturated rings. The molecule has 0 atom stereocenters. The van der Waals surface area contributed by atoms with Crippen LogP contribution in [0.5, 0.6) is 0 Å². The summed E-state index contributed by atoms with van der Waals surface area (Å²) in [6.45, 7) is 4.43. The Morgan fingerprint density at radius 2 is 1.31 bits per heavy atom. The van der Waals surface area contributed by atoms with E-state index in [0.29, 0.717) is 14.5 Å². The zero-order valence-electron chi connectivity index (χ0n) is 15.2. The second-order valence-electron chi connectivity index (χ2n) is 6.75. The van der Waals surface area contributed by atoms with Crippen molar-refractivity contribution in [3.8, 4) is 20.0 Å². The summed E-state index contributed by atoms with van der Waals surface area (Å²) < 4.78 is 3.03. The quantitative estimate of drug-likeness (QED) is 0.353. The van der Waals surface area contributed by atoms with E-state index in [1.807, 2.05) is 0 Å². The Bertz CT molecular complexity index is 1020. The standard InChI is InChI=1S/C25H22Se/c1-18-10-6-8-14-21(18)16-22-17-24(23-15-9-7-11-19(23)2)26-25(22)20-12-4-3-5-13-20/h3-15,17H,16H2,1-2H3. The van der Waals surface area contributed by atoms with Crippen molar-refractivity contribution in [2.24, 2.45) is 0 Å². The topological polar surface area (TPSA) is 0 Å². The molecule has 128 valence electrons. The molecular weight excluding hydrogens is 379 g/mol. The third-order valence-electron chi connectivity index (χ3n) is 4.90. The first kappa shape index (κ1) is 17.1. The van der Waals surface area contributed by atoms with Crippen molar-refractivity contribution < 1.29 is 0 Å². The van der Waals surface area contributed by atoms with Crippen LogP contribution in [0, 0.1) is 13.8 Å². The van der Waals surface area contributed by atoms with Crippen molar-refractivity contribution in [1.29, 1.82) is 0 Å². The average Bonchev–Trinajstić information content (AvgIpc) is 3.08. The van der Waals surface area contributed by atoms with E-state index in [9.17, 15) is 0 Å². The van der Waals surface area contributed by atoms with Gasteiger partial charge in [-0.3, -0.25) is 0 Å². The molecule has 26 heavy (non-hydrogen) atoms. The van der Waals surface area contributed by atoms with E-state index >= 15 is 0 Å². The second kappa shape index (κ2) is 7.50. The summed E-state index contributed by atoms with van der Waals surface area (Å²) in [6.07, 6.45) is 1.01. The molecule has 0 amide bonds. The number of rotatable bonds is 4. The molecule has 0 radical (unpaired) electrons. The predicted molar refractivity (Wildman–Crippen MR) is 113 cm³/mol. The second-order valence-corrected chi connectivity index (χ2v) is 8.96. The van der Waals surface area contributed by atoms with Crippen LogP contribution >= 0.6 is 0 Å². The Hall–Kier alpha value is -2.34. The summed E-state index contributed by atoms with van der Waals surface area (Å²) >= 11 is 0.339. The Morgan fingerprint density at radius 3 is 2.04 bits per heavy atom. The molecule has 1 aromatic heterocycles. The van der Waals surface area contributed by atoms with Gasteiger partial charge in [-0.15, -0.1) is 0 Å². The Kier molecular flexibility index (Phi) is 4.93. The summed E-state index contributed by atoms with van der Waals surface area (Å²) in [5.74, 6) is 0. The predicted octanol–water partition coefficient (Wildman–Crippen LogP) is 6.29. The third-order valence-corrected chi connectivity index (χ3v) is 7.54. The zero-order valence-corrected chi connectivity index (χ0v) is 16.9. The first-order valence-corrected chi connectivity index (χ1v) is 10.7. The van der Waals surface area contributed by atoms with Gasteiger partial charge in [-0.05, 0) is 0 Å². The summed E-state index contributed by atoms with van der Waals surface area (Å²) in [5, 5.41) is 0. The molecule has 3 aromatic carbocycles. The molecule has 0 bridgehead atoms. The number of hydrogen-bond donors (Lipinski definition) is 0. The maximum atomic E-state index is 2.46.